The third-order valence-electron chi connectivity index (χ3n) is 8.33. The number of benzene rings is 1. The largest absolute Gasteiger partial charge is 0.455 e. The summed E-state index contributed by atoms with van der Waals surface area (Å²) in [5.41, 5.74) is 1.07. The molecule has 0 saturated heterocycles. The lowest BCUT2D eigenvalue weighted by molar-refractivity contribution is -0.385. The second-order valence-electron chi connectivity index (χ2n) is 12.0. The third-order valence-corrected chi connectivity index (χ3v) is 9.27. The first-order chi connectivity index (χ1) is 21.8. The Bertz CT molecular complexity index is 1410. The summed E-state index contributed by atoms with van der Waals surface area (Å²) in [7, 11) is 1.19. The van der Waals surface area contributed by atoms with Crippen LogP contribution in [0.2, 0.25) is 0 Å². The Balaban J connectivity index is 1.82. The van der Waals surface area contributed by atoms with E-state index in [4.69, 9.17) is 9.62 Å². The van der Waals surface area contributed by atoms with E-state index in [2.05, 4.69) is 22.1 Å². The molecule has 46 heavy (non-hydrogen) atoms. The van der Waals surface area contributed by atoms with Crippen molar-refractivity contribution in [2.75, 3.05) is 13.7 Å². The first-order valence-electron chi connectivity index (χ1n) is 15.5. The predicted molar refractivity (Wildman–Crippen MR) is 170 cm³/mol. The van der Waals surface area contributed by atoms with Crippen molar-refractivity contribution in [1.29, 1.82) is 0 Å². The van der Waals surface area contributed by atoms with E-state index < -0.39 is 40.8 Å². The maximum Gasteiger partial charge on any atom is 0.349 e. The molecule has 1 heterocycles. The van der Waals surface area contributed by atoms with Crippen LogP contribution in [0, 0.1) is 22.0 Å². The number of nitro benzene ring substituents is 1. The van der Waals surface area contributed by atoms with Gasteiger partial charge in [0, 0.05) is 55.9 Å². The van der Waals surface area contributed by atoms with Gasteiger partial charge in [-0.3, -0.25) is 29.4 Å². The van der Waals surface area contributed by atoms with Crippen molar-refractivity contribution in [2.45, 2.75) is 97.8 Å². The van der Waals surface area contributed by atoms with Gasteiger partial charge in [0.25, 0.3) is 11.6 Å². The molecule has 0 spiro atoms. The van der Waals surface area contributed by atoms with E-state index in [-0.39, 0.29) is 41.6 Å². The number of aromatic nitrogens is 1. The lowest BCUT2D eigenvalue weighted by atomic mass is 9.80. The summed E-state index contributed by atoms with van der Waals surface area (Å²) in [4.78, 5) is 77.9. The molecule has 0 saturated carbocycles. The van der Waals surface area contributed by atoms with Crippen LogP contribution in [0.1, 0.15) is 106 Å². The van der Waals surface area contributed by atoms with Gasteiger partial charge in [-0.1, -0.05) is 40.2 Å². The lowest BCUT2D eigenvalue weighted by Crippen LogP contribution is -2.44. The van der Waals surface area contributed by atoms with E-state index >= 15 is 0 Å². The summed E-state index contributed by atoms with van der Waals surface area (Å²) in [5.74, 6) is -2.26. The number of thiazole rings is 1. The summed E-state index contributed by atoms with van der Waals surface area (Å²) >= 11 is 1.18. The van der Waals surface area contributed by atoms with Gasteiger partial charge in [-0.2, -0.15) is 4.89 Å². The summed E-state index contributed by atoms with van der Waals surface area (Å²) in [6.07, 6.45) is 1.33. The fourth-order valence-electron chi connectivity index (χ4n) is 5.77. The molecule has 0 radical (unpaired) electrons. The number of nitrogens with zero attached hydrogens (tertiary/aromatic N) is 3. The van der Waals surface area contributed by atoms with E-state index in [0.29, 0.717) is 41.9 Å². The molecule has 3 rings (SSSR count). The number of nitrogens with one attached hydrogen (secondary N) is 1. The standard InChI is InChI=1S/C32H44N4O9S/c1-8-19(5)12-29(38)35(9-2)27(18(3)4)16-28(44-20(6)37)31-34-26(17-46-31)30(39)33-22-13-21-10-11-23(36(41)42)15-24(21)25(14-22)32(40)45-43-7/h10-11,15,17-19,22,25,27-28H,8-9,12-14,16H2,1-7H3,(H,33,39)/t19-,22-,25+,27?,28+/m0/s1. The van der Waals surface area contributed by atoms with Crippen molar-refractivity contribution in [3.63, 3.8) is 0 Å². The smallest absolute Gasteiger partial charge is 0.349 e. The number of esters is 1. The number of hydrogen-bond donors (Lipinski definition) is 1. The van der Waals surface area contributed by atoms with Crippen LogP contribution in [-0.2, 0) is 35.3 Å². The van der Waals surface area contributed by atoms with Crippen LogP contribution in [0.3, 0.4) is 0 Å². The Morgan fingerprint density at radius 2 is 1.91 bits per heavy atom. The van der Waals surface area contributed by atoms with Crippen molar-refractivity contribution in [3.05, 3.63) is 55.5 Å². The molecule has 0 fully saturated rings. The van der Waals surface area contributed by atoms with Gasteiger partial charge < -0.3 is 15.0 Å². The van der Waals surface area contributed by atoms with E-state index in [1.54, 1.807) is 11.4 Å². The molecule has 14 heteroatoms. The highest BCUT2D eigenvalue weighted by atomic mass is 32.1. The molecule has 1 aromatic heterocycles. The molecule has 1 aliphatic carbocycles. The molecule has 1 unspecified atom stereocenters. The molecular weight excluding hydrogens is 616 g/mol. The van der Waals surface area contributed by atoms with Crippen LogP contribution in [-0.4, -0.2) is 64.3 Å². The second kappa shape index (κ2) is 16.6. The zero-order chi connectivity index (χ0) is 34.1. The number of carbonyl (C=O) groups excluding carboxylic acids is 4. The number of amides is 2. The zero-order valence-electron chi connectivity index (χ0n) is 27.4. The number of rotatable bonds is 15. The van der Waals surface area contributed by atoms with Crippen LogP contribution < -0.4 is 5.32 Å². The molecular formula is C32H44N4O9S. The highest BCUT2D eigenvalue weighted by Crippen LogP contribution is 2.36. The topological polar surface area (TPSA) is 167 Å². The lowest BCUT2D eigenvalue weighted by Gasteiger charge is -2.36. The maximum absolute atomic E-state index is 13.4. The van der Waals surface area contributed by atoms with Gasteiger partial charge in [0.15, 0.2) is 6.10 Å². The Labute approximate surface area is 273 Å². The molecule has 2 amide bonds. The van der Waals surface area contributed by atoms with Gasteiger partial charge in [0.2, 0.25) is 5.91 Å². The first-order valence-corrected chi connectivity index (χ1v) is 16.4. The first kappa shape index (κ1) is 36.6. The van der Waals surface area contributed by atoms with Gasteiger partial charge in [0.05, 0.1) is 18.0 Å². The zero-order valence-corrected chi connectivity index (χ0v) is 28.3. The van der Waals surface area contributed by atoms with E-state index in [1.807, 2.05) is 32.6 Å². The van der Waals surface area contributed by atoms with Gasteiger partial charge in [-0.05, 0) is 42.7 Å². The number of carbonyl (C=O) groups is 4. The molecule has 0 aliphatic heterocycles. The number of non-ortho nitro benzene ring substituents is 1. The quantitative estimate of drug-likeness (QED) is 0.115. The van der Waals surface area contributed by atoms with E-state index in [1.165, 1.54) is 37.5 Å². The molecule has 1 aliphatic rings. The number of nitro groups is 1. The van der Waals surface area contributed by atoms with Crippen molar-refractivity contribution in [2.24, 2.45) is 11.8 Å². The Morgan fingerprint density at radius 1 is 1.20 bits per heavy atom. The Kier molecular flexibility index (Phi) is 13.2. The van der Waals surface area contributed by atoms with E-state index in [9.17, 15) is 29.3 Å². The fourth-order valence-corrected chi connectivity index (χ4v) is 6.61. The summed E-state index contributed by atoms with van der Waals surface area (Å²) < 4.78 is 5.69. The average molecular weight is 661 g/mol. The molecule has 2 aromatic rings. The van der Waals surface area contributed by atoms with Crippen molar-refractivity contribution in [3.8, 4) is 0 Å². The minimum absolute atomic E-state index is 0.0488. The predicted octanol–water partition coefficient (Wildman–Crippen LogP) is 5.29. The van der Waals surface area contributed by atoms with Crippen LogP contribution in [0.4, 0.5) is 5.69 Å². The summed E-state index contributed by atoms with van der Waals surface area (Å²) in [6, 6.07) is 3.53. The van der Waals surface area contributed by atoms with Crippen LogP contribution >= 0.6 is 11.3 Å². The van der Waals surface area contributed by atoms with Crippen LogP contribution in [0.15, 0.2) is 23.6 Å². The highest BCUT2D eigenvalue weighted by Gasteiger charge is 2.36. The average Bonchev–Trinajstić information content (AvgIpc) is 3.50. The van der Waals surface area contributed by atoms with Gasteiger partial charge in [0.1, 0.15) is 10.7 Å². The molecule has 13 nitrogen and oxygen atoms in total. The Morgan fingerprint density at radius 3 is 2.50 bits per heavy atom. The van der Waals surface area contributed by atoms with Gasteiger partial charge in [-0.15, -0.1) is 11.3 Å². The summed E-state index contributed by atoms with van der Waals surface area (Å²) in [5, 5.41) is 16.3. The number of ether oxygens (including phenoxy) is 1. The minimum atomic E-state index is -0.897. The SMILES string of the molecule is CC[C@H](C)CC(=O)N(CC)C(C[C@@H](OC(C)=O)c1nc(C(=O)N[C@H]2Cc3ccc([N+](=O)[O-])cc3[C@H](C(=O)OOC)C2)cs1)C(C)C. The number of fused-ring (bicyclic) bond motifs is 1. The minimum Gasteiger partial charge on any atom is -0.455 e. The molecule has 1 N–H and O–H groups in total. The van der Waals surface area contributed by atoms with Crippen LogP contribution in [0.5, 0.6) is 0 Å². The monoisotopic (exact) mass is 660 g/mol. The second-order valence-corrected chi connectivity index (χ2v) is 12.9. The van der Waals surface area contributed by atoms with Crippen molar-refractivity contribution < 1.29 is 38.6 Å². The molecule has 252 valence electrons. The molecule has 1 aromatic carbocycles. The van der Waals surface area contributed by atoms with Gasteiger partial charge in [-0.25, -0.2) is 9.78 Å². The summed E-state index contributed by atoms with van der Waals surface area (Å²) in [6.45, 7) is 11.9. The maximum atomic E-state index is 13.4. The third kappa shape index (κ3) is 9.32. The van der Waals surface area contributed by atoms with Crippen molar-refractivity contribution in [1.82, 2.24) is 15.2 Å². The fraction of sp³-hybridized carbons (Fsp3) is 0.594. The normalized spacial score (nSPS) is 17.7. The molecule has 0 bridgehead atoms. The van der Waals surface area contributed by atoms with E-state index in [0.717, 1.165) is 6.42 Å². The van der Waals surface area contributed by atoms with Gasteiger partial charge >= 0.3 is 11.9 Å². The number of hydrogen-bond acceptors (Lipinski definition) is 11. The molecule has 5 atom stereocenters. The highest BCUT2D eigenvalue weighted by molar-refractivity contribution is 7.09. The van der Waals surface area contributed by atoms with Crippen molar-refractivity contribution >= 4 is 40.8 Å². The van der Waals surface area contributed by atoms with Crippen LogP contribution in [0.25, 0.3) is 0 Å². The Hall–Kier alpha value is -3.91.